The molecule has 0 spiro atoms. The number of aromatic nitrogens is 2. The molecule has 86 valence electrons. The smallest absolute Gasteiger partial charge is 0.337 e. The predicted octanol–water partition coefficient (Wildman–Crippen LogP) is 1.94. The molecule has 0 saturated carbocycles. The van der Waals surface area contributed by atoms with Crippen molar-refractivity contribution in [3.8, 4) is 0 Å². The maximum Gasteiger partial charge on any atom is 0.389 e. The van der Waals surface area contributed by atoms with Crippen LogP contribution in [-0.4, -0.2) is 22.8 Å². The maximum absolute atomic E-state index is 11.8. The summed E-state index contributed by atoms with van der Waals surface area (Å²) in [4.78, 5) is 4.04. The Bertz CT molecular complexity index is 293. The van der Waals surface area contributed by atoms with Crippen LogP contribution in [-0.2, 0) is 13.1 Å². The first-order chi connectivity index (χ1) is 7.01. The number of imidazole rings is 1. The minimum absolute atomic E-state index is 0.0961. The van der Waals surface area contributed by atoms with Crippen molar-refractivity contribution < 1.29 is 13.2 Å². The second-order valence-electron chi connectivity index (χ2n) is 3.35. The molecular formula is C9H14F3N3. The topological polar surface area (TPSA) is 29.9 Å². The van der Waals surface area contributed by atoms with Crippen LogP contribution < -0.4 is 5.32 Å². The molecule has 1 aromatic heterocycles. The third-order valence-electron chi connectivity index (χ3n) is 1.92. The highest BCUT2D eigenvalue weighted by Gasteiger charge is 2.25. The van der Waals surface area contributed by atoms with Gasteiger partial charge in [0.1, 0.15) is 0 Å². The molecule has 0 amide bonds. The number of rotatable bonds is 5. The summed E-state index contributed by atoms with van der Waals surface area (Å²) in [7, 11) is 1.79. The average molecular weight is 221 g/mol. The van der Waals surface area contributed by atoms with E-state index in [9.17, 15) is 13.2 Å². The van der Waals surface area contributed by atoms with E-state index >= 15 is 0 Å². The fourth-order valence-electron chi connectivity index (χ4n) is 1.26. The van der Waals surface area contributed by atoms with Crippen molar-refractivity contribution in [2.75, 3.05) is 7.05 Å². The summed E-state index contributed by atoms with van der Waals surface area (Å²) in [5.41, 5.74) is 0.838. The molecule has 0 atom stereocenters. The SMILES string of the molecule is CNCc1cn(CCCC(F)(F)F)cn1. The third-order valence-corrected chi connectivity index (χ3v) is 1.92. The summed E-state index contributed by atoms with van der Waals surface area (Å²) in [5.74, 6) is 0. The van der Waals surface area contributed by atoms with E-state index < -0.39 is 12.6 Å². The van der Waals surface area contributed by atoms with Gasteiger partial charge in [-0.3, -0.25) is 0 Å². The first kappa shape index (κ1) is 12.0. The van der Waals surface area contributed by atoms with E-state index in [4.69, 9.17) is 0 Å². The van der Waals surface area contributed by atoms with Crippen molar-refractivity contribution in [3.63, 3.8) is 0 Å². The first-order valence-electron chi connectivity index (χ1n) is 4.73. The van der Waals surface area contributed by atoms with Crippen LogP contribution in [0.15, 0.2) is 12.5 Å². The Balaban J connectivity index is 2.31. The lowest BCUT2D eigenvalue weighted by Gasteiger charge is -2.05. The highest BCUT2D eigenvalue weighted by Crippen LogP contribution is 2.21. The molecule has 0 aliphatic carbocycles. The van der Waals surface area contributed by atoms with E-state index in [1.165, 1.54) is 0 Å². The molecule has 0 aliphatic rings. The van der Waals surface area contributed by atoms with Gasteiger partial charge in [0, 0.05) is 25.7 Å². The van der Waals surface area contributed by atoms with Gasteiger partial charge in [-0.25, -0.2) is 4.98 Å². The third kappa shape index (κ3) is 4.83. The standard InChI is InChI=1S/C9H14F3N3/c1-13-5-8-6-15(7-14-8)4-2-3-9(10,11)12/h6-7,13H,2-5H2,1H3. The highest BCUT2D eigenvalue weighted by molar-refractivity contribution is 4.95. The molecule has 0 fully saturated rings. The predicted molar refractivity (Wildman–Crippen MR) is 50.3 cm³/mol. The fraction of sp³-hybridized carbons (Fsp3) is 0.667. The zero-order chi connectivity index (χ0) is 11.3. The average Bonchev–Trinajstić information content (AvgIpc) is 2.51. The van der Waals surface area contributed by atoms with Crippen LogP contribution >= 0.6 is 0 Å². The minimum Gasteiger partial charge on any atom is -0.337 e. The fourth-order valence-corrected chi connectivity index (χ4v) is 1.26. The van der Waals surface area contributed by atoms with E-state index in [2.05, 4.69) is 10.3 Å². The Morgan fingerprint density at radius 3 is 2.80 bits per heavy atom. The highest BCUT2D eigenvalue weighted by atomic mass is 19.4. The summed E-state index contributed by atoms with van der Waals surface area (Å²) in [6.07, 6.45) is -1.39. The van der Waals surface area contributed by atoms with Gasteiger partial charge in [0.05, 0.1) is 12.0 Å². The second kappa shape index (κ2) is 5.16. The van der Waals surface area contributed by atoms with Gasteiger partial charge in [-0.05, 0) is 13.5 Å². The lowest BCUT2D eigenvalue weighted by molar-refractivity contribution is -0.135. The number of aryl methyl sites for hydroxylation is 1. The molecule has 1 rings (SSSR count). The van der Waals surface area contributed by atoms with Crippen LogP contribution in [0.2, 0.25) is 0 Å². The van der Waals surface area contributed by atoms with Crippen LogP contribution in [0.25, 0.3) is 0 Å². The molecule has 15 heavy (non-hydrogen) atoms. The molecule has 0 unspecified atom stereocenters. The lowest BCUT2D eigenvalue weighted by atomic mass is 10.3. The number of halogens is 3. The maximum atomic E-state index is 11.8. The number of nitrogens with one attached hydrogen (secondary N) is 1. The molecule has 3 nitrogen and oxygen atoms in total. The van der Waals surface area contributed by atoms with Crippen molar-refractivity contribution in [2.24, 2.45) is 0 Å². The Hall–Kier alpha value is -1.04. The van der Waals surface area contributed by atoms with Gasteiger partial charge in [-0.2, -0.15) is 13.2 Å². The quantitative estimate of drug-likeness (QED) is 0.823. The van der Waals surface area contributed by atoms with Gasteiger partial charge in [0.25, 0.3) is 0 Å². The Kier molecular flexibility index (Phi) is 4.14. The van der Waals surface area contributed by atoms with Gasteiger partial charge in [0.15, 0.2) is 0 Å². The molecule has 0 aromatic carbocycles. The Labute approximate surface area is 86.3 Å². The molecule has 0 saturated heterocycles. The van der Waals surface area contributed by atoms with Crippen LogP contribution in [0, 0.1) is 0 Å². The Morgan fingerprint density at radius 2 is 2.20 bits per heavy atom. The van der Waals surface area contributed by atoms with Crippen LogP contribution in [0.5, 0.6) is 0 Å². The number of hydrogen-bond acceptors (Lipinski definition) is 2. The number of hydrogen-bond donors (Lipinski definition) is 1. The van der Waals surface area contributed by atoms with Gasteiger partial charge in [-0.1, -0.05) is 0 Å². The lowest BCUT2D eigenvalue weighted by Crippen LogP contribution is -2.08. The zero-order valence-electron chi connectivity index (χ0n) is 8.51. The van der Waals surface area contributed by atoms with Crippen molar-refractivity contribution in [1.29, 1.82) is 0 Å². The molecule has 0 radical (unpaired) electrons. The van der Waals surface area contributed by atoms with Crippen LogP contribution in [0.4, 0.5) is 13.2 Å². The monoisotopic (exact) mass is 221 g/mol. The van der Waals surface area contributed by atoms with Gasteiger partial charge < -0.3 is 9.88 Å². The van der Waals surface area contributed by atoms with Crippen molar-refractivity contribution in [3.05, 3.63) is 18.2 Å². The largest absolute Gasteiger partial charge is 0.389 e. The molecule has 0 aliphatic heterocycles. The van der Waals surface area contributed by atoms with Crippen LogP contribution in [0.3, 0.4) is 0 Å². The summed E-state index contributed by atoms with van der Waals surface area (Å²) in [6.45, 7) is 0.989. The summed E-state index contributed by atoms with van der Waals surface area (Å²) in [5, 5.41) is 2.92. The number of alkyl halides is 3. The minimum atomic E-state index is -4.06. The van der Waals surface area contributed by atoms with Gasteiger partial charge in [0.2, 0.25) is 0 Å². The van der Waals surface area contributed by atoms with Crippen molar-refractivity contribution >= 4 is 0 Å². The van der Waals surface area contributed by atoms with E-state index in [1.54, 1.807) is 24.1 Å². The van der Waals surface area contributed by atoms with E-state index in [-0.39, 0.29) is 6.42 Å². The molecule has 1 N–H and O–H groups in total. The molecule has 6 heteroatoms. The first-order valence-corrected chi connectivity index (χ1v) is 4.73. The molecular weight excluding hydrogens is 207 g/mol. The second-order valence-corrected chi connectivity index (χ2v) is 3.35. The number of nitrogens with zero attached hydrogens (tertiary/aromatic N) is 2. The molecule has 1 heterocycles. The Morgan fingerprint density at radius 1 is 1.47 bits per heavy atom. The van der Waals surface area contributed by atoms with Gasteiger partial charge in [-0.15, -0.1) is 0 Å². The van der Waals surface area contributed by atoms with Gasteiger partial charge >= 0.3 is 6.18 Å². The normalized spacial score (nSPS) is 12.0. The van der Waals surface area contributed by atoms with E-state index in [0.717, 1.165) is 5.69 Å². The van der Waals surface area contributed by atoms with Crippen molar-refractivity contribution in [2.45, 2.75) is 32.1 Å². The summed E-state index contributed by atoms with van der Waals surface area (Å²) < 4.78 is 37.2. The van der Waals surface area contributed by atoms with Crippen molar-refractivity contribution in [1.82, 2.24) is 14.9 Å². The summed E-state index contributed by atoms with van der Waals surface area (Å²) in [6, 6.07) is 0. The van der Waals surface area contributed by atoms with E-state index in [1.807, 2.05) is 0 Å². The van der Waals surface area contributed by atoms with Crippen LogP contribution in [0.1, 0.15) is 18.5 Å². The molecule has 0 bridgehead atoms. The van der Waals surface area contributed by atoms with E-state index in [0.29, 0.717) is 13.1 Å². The summed E-state index contributed by atoms with van der Waals surface area (Å²) >= 11 is 0. The molecule has 1 aromatic rings. The zero-order valence-corrected chi connectivity index (χ0v) is 8.51.